The van der Waals surface area contributed by atoms with E-state index in [0.717, 1.165) is 10.4 Å². The number of nitrogens with zero attached hydrogens (tertiary/aromatic N) is 4. The summed E-state index contributed by atoms with van der Waals surface area (Å²) in [5, 5.41) is 14.3. The van der Waals surface area contributed by atoms with Gasteiger partial charge in [-0.3, -0.25) is 4.79 Å². The summed E-state index contributed by atoms with van der Waals surface area (Å²) in [5.41, 5.74) is 0.903. The molecule has 1 amide bonds. The molecule has 0 unspecified atom stereocenters. The molecule has 0 fully saturated rings. The standard InChI is InChI=1S/C15H11BrFN5O/c16-11-6-7-13(12(17)8-11)18-14(23)9-22-20-15(19-21-22)10-4-2-1-3-5-10/h1-8H,9H2,(H,18,23). The predicted molar refractivity (Wildman–Crippen MR) is 86.0 cm³/mol. The van der Waals surface area contributed by atoms with Crippen LogP contribution in [0.2, 0.25) is 0 Å². The lowest BCUT2D eigenvalue weighted by molar-refractivity contribution is -0.117. The van der Waals surface area contributed by atoms with E-state index < -0.39 is 11.7 Å². The Hall–Kier alpha value is -2.61. The van der Waals surface area contributed by atoms with E-state index in [-0.39, 0.29) is 12.2 Å². The Morgan fingerprint density at radius 2 is 2.00 bits per heavy atom. The van der Waals surface area contributed by atoms with Crippen molar-refractivity contribution in [2.75, 3.05) is 5.32 Å². The lowest BCUT2D eigenvalue weighted by Crippen LogP contribution is -2.21. The molecule has 3 rings (SSSR count). The molecular weight excluding hydrogens is 365 g/mol. The van der Waals surface area contributed by atoms with Crippen LogP contribution >= 0.6 is 15.9 Å². The van der Waals surface area contributed by atoms with E-state index in [9.17, 15) is 9.18 Å². The SMILES string of the molecule is O=C(Cn1nnc(-c2ccccc2)n1)Nc1ccc(Br)cc1F. The summed E-state index contributed by atoms with van der Waals surface area (Å²) in [4.78, 5) is 13.1. The Morgan fingerprint density at radius 1 is 1.22 bits per heavy atom. The number of amides is 1. The Balaban J connectivity index is 1.68. The summed E-state index contributed by atoms with van der Waals surface area (Å²) < 4.78 is 14.3. The zero-order valence-corrected chi connectivity index (χ0v) is 13.4. The maximum Gasteiger partial charge on any atom is 0.248 e. The van der Waals surface area contributed by atoms with Gasteiger partial charge in [0, 0.05) is 10.0 Å². The van der Waals surface area contributed by atoms with Crippen molar-refractivity contribution in [3.05, 3.63) is 58.8 Å². The quantitative estimate of drug-likeness (QED) is 0.760. The van der Waals surface area contributed by atoms with Crippen molar-refractivity contribution in [2.24, 2.45) is 0 Å². The number of carbonyl (C=O) groups excluding carboxylic acids is 1. The lowest BCUT2D eigenvalue weighted by Gasteiger charge is -2.05. The van der Waals surface area contributed by atoms with Gasteiger partial charge in [-0.15, -0.1) is 10.2 Å². The first-order valence-electron chi connectivity index (χ1n) is 6.70. The number of benzene rings is 2. The van der Waals surface area contributed by atoms with Gasteiger partial charge in [0.1, 0.15) is 12.4 Å². The van der Waals surface area contributed by atoms with E-state index in [1.165, 1.54) is 12.1 Å². The van der Waals surface area contributed by atoms with Gasteiger partial charge >= 0.3 is 0 Å². The molecule has 0 spiro atoms. The van der Waals surface area contributed by atoms with Gasteiger partial charge in [0.25, 0.3) is 0 Å². The lowest BCUT2D eigenvalue weighted by atomic mass is 10.2. The molecule has 1 N–H and O–H groups in total. The molecule has 0 saturated heterocycles. The second-order valence-corrected chi connectivity index (χ2v) is 5.60. The van der Waals surface area contributed by atoms with Gasteiger partial charge in [-0.25, -0.2) is 4.39 Å². The minimum atomic E-state index is -0.524. The smallest absolute Gasteiger partial charge is 0.248 e. The molecule has 2 aromatic carbocycles. The molecular formula is C15H11BrFN5O. The molecule has 0 aliphatic heterocycles. The Bertz CT molecular complexity index is 837. The second-order valence-electron chi connectivity index (χ2n) is 4.68. The minimum Gasteiger partial charge on any atom is -0.322 e. The number of rotatable bonds is 4. The first kappa shape index (κ1) is 15.3. The van der Waals surface area contributed by atoms with Gasteiger partial charge in [0.15, 0.2) is 0 Å². The highest BCUT2D eigenvalue weighted by Gasteiger charge is 2.11. The highest BCUT2D eigenvalue weighted by Crippen LogP contribution is 2.19. The van der Waals surface area contributed by atoms with Crippen LogP contribution in [-0.4, -0.2) is 26.1 Å². The molecule has 0 saturated carbocycles. The monoisotopic (exact) mass is 375 g/mol. The molecule has 116 valence electrons. The fraction of sp³-hybridized carbons (Fsp3) is 0.0667. The van der Waals surface area contributed by atoms with Crippen molar-refractivity contribution >= 4 is 27.5 Å². The second kappa shape index (κ2) is 6.66. The van der Waals surface area contributed by atoms with Crippen molar-refractivity contribution < 1.29 is 9.18 Å². The molecule has 0 bridgehead atoms. The molecule has 3 aromatic rings. The first-order valence-corrected chi connectivity index (χ1v) is 7.49. The van der Waals surface area contributed by atoms with Gasteiger partial charge < -0.3 is 5.32 Å². The van der Waals surface area contributed by atoms with Crippen molar-refractivity contribution in [1.82, 2.24) is 20.2 Å². The van der Waals surface area contributed by atoms with Gasteiger partial charge in [0.2, 0.25) is 11.7 Å². The van der Waals surface area contributed by atoms with Crippen molar-refractivity contribution in [1.29, 1.82) is 0 Å². The number of nitrogens with one attached hydrogen (secondary N) is 1. The van der Waals surface area contributed by atoms with Gasteiger partial charge in [0.05, 0.1) is 5.69 Å². The maximum atomic E-state index is 13.7. The van der Waals surface area contributed by atoms with Crippen LogP contribution in [-0.2, 0) is 11.3 Å². The summed E-state index contributed by atoms with van der Waals surface area (Å²) in [5.74, 6) is -0.541. The molecule has 23 heavy (non-hydrogen) atoms. The zero-order valence-electron chi connectivity index (χ0n) is 11.8. The van der Waals surface area contributed by atoms with Crippen LogP contribution in [0.5, 0.6) is 0 Å². The number of halogens is 2. The highest BCUT2D eigenvalue weighted by atomic mass is 79.9. The molecule has 1 heterocycles. The predicted octanol–water partition coefficient (Wildman–Crippen LogP) is 2.88. The molecule has 0 aliphatic carbocycles. The maximum absolute atomic E-state index is 13.7. The summed E-state index contributed by atoms with van der Waals surface area (Å²) in [6.45, 7) is -0.157. The fourth-order valence-electron chi connectivity index (χ4n) is 1.92. The molecule has 1 aromatic heterocycles. The van der Waals surface area contributed by atoms with Crippen LogP contribution in [0, 0.1) is 5.82 Å². The van der Waals surface area contributed by atoms with E-state index in [1.807, 2.05) is 30.3 Å². The molecule has 8 heteroatoms. The third-order valence-electron chi connectivity index (χ3n) is 2.98. The Morgan fingerprint density at radius 3 is 2.74 bits per heavy atom. The fourth-order valence-corrected chi connectivity index (χ4v) is 2.26. The topological polar surface area (TPSA) is 72.7 Å². The summed E-state index contributed by atoms with van der Waals surface area (Å²) in [7, 11) is 0. The summed E-state index contributed by atoms with van der Waals surface area (Å²) >= 11 is 3.16. The number of tetrazole rings is 1. The Labute approximate surface area is 139 Å². The average molecular weight is 376 g/mol. The molecule has 0 atom stereocenters. The number of aromatic nitrogens is 4. The number of hydrogen-bond acceptors (Lipinski definition) is 4. The number of hydrogen-bond donors (Lipinski definition) is 1. The molecule has 0 radical (unpaired) electrons. The minimum absolute atomic E-state index is 0.0987. The van der Waals surface area contributed by atoms with Gasteiger partial charge in [-0.05, 0) is 23.4 Å². The Kier molecular flexibility index (Phi) is 4.42. The van der Waals surface area contributed by atoms with E-state index >= 15 is 0 Å². The van der Waals surface area contributed by atoms with Crippen LogP contribution < -0.4 is 5.32 Å². The highest BCUT2D eigenvalue weighted by molar-refractivity contribution is 9.10. The van der Waals surface area contributed by atoms with Crippen molar-refractivity contribution in [3.63, 3.8) is 0 Å². The van der Waals surface area contributed by atoms with E-state index in [4.69, 9.17) is 0 Å². The molecule has 0 aliphatic rings. The third-order valence-corrected chi connectivity index (χ3v) is 3.47. The summed E-state index contributed by atoms with van der Waals surface area (Å²) in [6.07, 6.45) is 0. The van der Waals surface area contributed by atoms with Crippen molar-refractivity contribution in [2.45, 2.75) is 6.54 Å². The summed E-state index contributed by atoms with van der Waals surface area (Å²) in [6, 6.07) is 13.7. The van der Waals surface area contributed by atoms with Crippen LogP contribution in [0.15, 0.2) is 53.0 Å². The van der Waals surface area contributed by atoms with E-state index in [2.05, 4.69) is 36.7 Å². The largest absolute Gasteiger partial charge is 0.322 e. The number of carbonyl (C=O) groups is 1. The van der Waals surface area contributed by atoms with Crippen LogP contribution in [0.3, 0.4) is 0 Å². The van der Waals surface area contributed by atoms with Crippen LogP contribution in [0.4, 0.5) is 10.1 Å². The third kappa shape index (κ3) is 3.78. The van der Waals surface area contributed by atoms with Gasteiger partial charge in [-0.1, -0.05) is 46.3 Å². The number of anilines is 1. The van der Waals surface area contributed by atoms with Crippen LogP contribution in [0.25, 0.3) is 11.4 Å². The normalized spacial score (nSPS) is 10.5. The van der Waals surface area contributed by atoms with Crippen molar-refractivity contribution in [3.8, 4) is 11.4 Å². The van der Waals surface area contributed by atoms with E-state index in [0.29, 0.717) is 10.3 Å². The van der Waals surface area contributed by atoms with Gasteiger partial charge in [-0.2, -0.15) is 4.80 Å². The van der Waals surface area contributed by atoms with Crippen LogP contribution in [0.1, 0.15) is 0 Å². The molecule has 6 nitrogen and oxygen atoms in total. The zero-order chi connectivity index (χ0) is 16.2. The first-order chi connectivity index (χ1) is 11.1. The van der Waals surface area contributed by atoms with E-state index in [1.54, 1.807) is 6.07 Å². The average Bonchev–Trinajstić information content (AvgIpc) is 2.99.